The van der Waals surface area contributed by atoms with E-state index in [0.29, 0.717) is 19.3 Å². The van der Waals surface area contributed by atoms with E-state index >= 15 is 0 Å². The van der Waals surface area contributed by atoms with E-state index in [1.54, 1.807) is 0 Å². The molecule has 0 amide bonds. The molecule has 4 heteroatoms. The van der Waals surface area contributed by atoms with Crippen molar-refractivity contribution in [1.29, 1.82) is 0 Å². The SMILES string of the molecule is CCC(N)(O)CC.CCCCCCCCCCCCCCCCCCCCCC(=O)O. The van der Waals surface area contributed by atoms with Crippen molar-refractivity contribution in [2.24, 2.45) is 5.73 Å². The summed E-state index contributed by atoms with van der Waals surface area (Å²) in [5.41, 5.74) is 4.35. The highest BCUT2D eigenvalue weighted by molar-refractivity contribution is 5.66. The number of hydrogen-bond acceptors (Lipinski definition) is 3. The average molecular weight is 444 g/mol. The van der Waals surface area contributed by atoms with Gasteiger partial charge < -0.3 is 15.9 Å². The molecule has 0 fully saturated rings. The van der Waals surface area contributed by atoms with Crippen LogP contribution in [0, 0.1) is 0 Å². The highest BCUT2D eigenvalue weighted by Gasteiger charge is 2.12. The van der Waals surface area contributed by atoms with Crippen LogP contribution in [0.1, 0.15) is 162 Å². The first-order chi connectivity index (χ1) is 14.9. The molecule has 0 bridgehead atoms. The van der Waals surface area contributed by atoms with Gasteiger partial charge in [0, 0.05) is 6.42 Å². The lowest BCUT2D eigenvalue weighted by Crippen LogP contribution is -2.37. The Kier molecular flexibility index (Phi) is 26.9. The quantitative estimate of drug-likeness (QED) is 0.116. The fourth-order valence-electron chi connectivity index (χ4n) is 3.60. The molecule has 188 valence electrons. The monoisotopic (exact) mass is 443 g/mol. The summed E-state index contributed by atoms with van der Waals surface area (Å²) in [6.45, 7) is 6.01. The smallest absolute Gasteiger partial charge is 0.303 e. The van der Waals surface area contributed by atoms with Crippen LogP contribution >= 0.6 is 0 Å². The number of carbonyl (C=O) groups is 1. The standard InChI is InChI=1S/C22H44O2.C5H13NO/c1-2-3-4-5-6-7-8-9-10-11-12-13-14-15-16-17-18-19-20-21-22(23)24;1-3-5(6,7)4-2/h2-21H2,1H3,(H,23,24);7H,3-4,6H2,1-2H3. The number of nitrogens with two attached hydrogens (primary N) is 1. The third kappa shape index (κ3) is 31.7. The van der Waals surface area contributed by atoms with Crippen LogP contribution in [0.15, 0.2) is 0 Å². The lowest BCUT2D eigenvalue weighted by molar-refractivity contribution is -0.137. The molecule has 0 aliphatic heterocycles. The summed E-state index contributed by atoms with van der Waals surface area (Å²) in [4.78, 5) is 10.4. The minimum Gasteiger partial charge on any atom is -0.481 e. The van der Waals surface area contributed by atoms with Crippen molar-refractivity contribution < 1.29 is 15.0 Å². The molecular weight excluding hydrogens is 386 g/mol. The van der Waals surface area contributed by atoms with Crippen molar-refractivity contribution in [2.75, 3.05) is 0 Å². The third-order valence-corrected chi connectivity index (χ3v) is 6.22. The Labute approximate surface area is 194 Å². The fourth-order valence-corrected chi connectivity index (χ4v) is 3.60. The molecular formula is C27H57NO3. The topological polar surface area (TPSA) is 83.5 Å². The number of carboxylic acids is 1. The number of unbranched alkanes of at least 4 members (excludes halogenated alkanes) is 18. The first-order valence-corrected chi connectivity index (χ1v) is 13.6. The zero-order chi connectivity index (χ0) is 23.6. The van der Waals surface area contributed by atoms with Gasteiger partial charge in [-0.1, -0.05) is 136 Å². The van der Waals surface area contributed by atoms with Gasteiger partial charge in [0.15, 0.2) is 0 Å². The van der Waals surface area contributed by atoms with Crippen molar-refractivity contribution in [3.63, 3.8) is 0 Å². The average Bonchev–Trinajstić information content (AvgIpc) is 2.75. The first-order valence-electron chi connectivity index (χ1n) is 13.6. The predicted molar refractivity (Wildman–Crippen MR) is 135 cm³/mol. The number of aliphatic hydroxyl groups is 1. The number of aliphatic carboxylic acids is 1. The minimum atomic E-state index is -0.917. The molecule has 31 heavy (non-hydrogen) atoms. The molecule has 0 heterocycles. The molecule has 0 aliphatic rings. The van der Waals surface area contributed by atoms with Gasteiger partial charge in [0.2, 0.25) is 0 Å². The number of rotatable bonds is 22. The Bertz CT molecular complexity index is 352. The van der Waals surface area contributed by atoms with Gasteiger partial charge in [-0.15, -0.1) is 0 Å². The van der Waals surface area contributed by atoms with Crippen molar-refractivity contribution in [3.05, 3.63) is 0 Å². The van der Waals surface area contributed by atoms with E-state index in [1.165, 1.54) is 109 Å². The summed E-state index contributed by atoms with van der Waals surface area (Å²) in [7, 11) is 0. The predicted octanol–water partition coefficient (Wildman–Crippen LogP) is 8.35. The molecule has 0 saturated carbocycles. The Morgan fingerprint density at radius 3 is 1.03 bits per heavy atom. The Hall–Kier alpha value is -0.610. The molecule has 0 atom stereocenters. The Balaban J connectivity index is 0. The summed E-state index contributed by atoms with van der Waals surface area (Å²) < 4.78 is 0. The summed E-state index contributed by atoms with van der Waals surface area (Å²) in [5.74, 6) is -0.651. The molecule has 4 nitrogen and oxygen atoms in total. The van der Waals surface area contributed by atoms with E-state index in [-0.39, 0.29) is 0 Å². The van der Waals surface area contributed by atoms with E-state index in [9.17, 15) is 4.79 Å². The second-order valence-corrected chi connectivity index (χ2v) is 9.32. The fraction of sp³-hybridized carbons (Fsp3) is 0.963. The maximum atomic E-state index is 10.4. The molecule has 0 unspecified atom stereocenters. The lowest BCUT2D eigenvalue weighted by atomic mass is 10.0. The van der Waals surface area contributed by atoms with Gasteiger partial charge in [0.1, 0.15) is 5.72 Å². The van der Waals surface area contributed by atoms with Gasteiger partial charge in [-0.2, -0.15) is 0 Å². The van der Waals surface area contributed by atoms with Crippen LogP contribution in [0.2, 0.25) is 0 Å². The summed E-state index contributed by atoms with van der Waals surface area (Å²) >= 11 is 0. The van der Waals surface area contributed by atoms with E-state index in [4.69, 9.17) is 15.9 Å². The second-order valence-electron chi connectivity index (χ2n) is 9.32. The van der Waals surface area contributed by atoms with Crippen LogP contribution in [0.4, 0.5) is 0 Å². The van der Waals surface area contributed by atoms with Crippen LogP contribution in [-0.4, -0.2) is 21.9 Å². The zero-order valence-corrected chi connectivity index (χ0v) is 21.4. The largest absolute Gasteiger partial charge is 0.481 e. The zero-order valence-electron chi connectivity index (χ0n) is 21.4. The van der Waals surface area contributed by atoms with Crippen LogP contribution in [0.3, 0.4) is 0 Å². The van der Waals surface area contributed by atoms with Gasteiger partial charge in [0.05, 0.1) is 0 Å². The molecule has 0 radical (unpaired) electrons. The van der Waals surface area contributed by atoms with Crippen LogP contribution in [-0.2, 0) is 4.79 Å². The van der Waals surface area contributed by atoms with Gasteiger partial charge >= 0.3 is 5.97 Å². The molecule has 0 spiro atoms. The summed E-state index contributed by atoms with van der Waals surface area (Å²) in [5, 5.41) is 17.5. The molecule has 0 rings (SSSR count). The second kappa shape index (κ2) is 25.6. The van der Waals surface area contributed by atoms with Crippen LogP contribution in [0.5, 0.6) is 0 Å². The summed E-state index contributed by atoms with van der Waals surface area (Å²) in [6.07, 6.45) is 27.4. The van der Waals surface area contributed by atoms with Gasteiger partial charge in [-0.25, -0.2) is 0 Å². The summed E-state index contributed by atoms with van der Waals surface area (Å²) in [6, 6.07) is 0. The Morgan fingerprint density at radius 2 is 0.839 bits per heavy atom. The van der Waals surface area contributed by atoms with Crippen molar-refractivity contribution in [2.45, 2.75) is 168 Å². The van der Waals surface area contributed by atoms with E-state index < -0.39 is 11.7 Å². The third-order valence-electron chi connectivity index (χ3n) is 6.22. The van der Waals surface area contributed by atoms with Crippen molar-refractivity contribution >= 4 is 5.97 Å². The maximum Gasteiger partial charge on any atom is 0.303 e. The van der Waals surface area contributed by atoms with E-state index in [1.807, 2.05) is 13.8 Å². The first kappa shape index (κ1) is 32.6. The highest BCUT2D eigenvalue weighted by atomic mass is 16.4. The van der Waals surface area contributed by atoms with Gasteiger partial charge in [-0.05, 0) is 19.3 Å². The number of carboxylic acid groups (broad SMARTS) is 1. The molecule has 0 aromatic rings. The van der Waals surface area contributed by atoms with E-state index in [0.717, 1.165) is 12.8 Å². The minimum absolute atomic E-state index is 0.346. The molecule has 0 aromatic heterocycles. The molecule has 0 aliphatic carbocycles. The maximum absolute atomic E-state index is 10.4. The van der Waals surface area contributed by atoms with Crippen LogP contribution < -0.4 is 5.73 Å². The molecule has 4 N–H and O–H groups in total. The lowest BCUT2D eigenvalue weighted by Gasteiger charge is -2.17. The number of hydrogen-bond donors (Lipinski definition) is 3. The molecule has 0 saturated heterocycles. The van der Waals surface area contributed by atoms with Gasteiger partial charge in [-0.3, -0.25) is 4.79 Å². The van der Waals surface area contributed by atoms with E-state index in [2.05, 4.69) is 6.92 Å². The van der Waals surface area contributed by atoms with Gasteiger partial charge in [0.25, 0.3) is 0 Å². The van der Waals surface area contributed by atoms with Crippen LogP contribution in [0.25, 0.3) is 0 Å². The van der Waals surface area contributed by atoms with Crippen molar-refractivity contribution in [1.82, 2.24) is 0 Å². The van der Waals surface area contributed by atoms with Crippen molar-refractivity contribution in [3.8, 4) is 0 Å². The Morgan fingerprint density at radius 1 is 0.581 bits per heavy atom. The highest BCUT2D eigenvalue weighted by Crippen LogP contribution is 2.14. The molecule has 0 aromatic carbocycles. The normalized spacial score (nSPS) is 11.3.